The molecule has 0 amide bonds. The molecule has 0 saturated heterocycles. The lowest BCUT2D eigenvalue weighted by Crippen LogP contribution is -2.32. The van der Waals surface area contributed by atoms with Crippen LogP contribution < -0.4 is 10.6 Å². The van der Waals surface area contributed by atoms with Gasteiger partial charge in [0.15, 0.2) is 0 Å². The number of nitrogen functional groups attached to an aromatic ring is 1. The van der Waals surface area contributed by atoms with Crippen molar-refractivity contribution in [2.75, 3.05) is 17.7 Å². The highest BCUT2D eigenvalue weighted by molar-refractivity contribution is 5.97. The highest BCUT2D eigenvalue weighted by Crippen LogP contribution is 2.31. The summed E-state index contributed by atoms with van der Waals surface area (Å²) in [5.41, 5.74) is 7.42. The molecule has 0 bridgehead atoms. The van der Waals surface area contributed by atoms with Crippen LogP contribution in [-0.4, -0.2) is 24.2 Å². The molecule has 4 heteroatoms. The third-order valence-corrected chi connectivity index (χ3v) is 4.07. The van der Waals surface area contributed by atoms with Crippen molar-refractivity contribution in [1.82, 2.24) is 0 Å². The van der Waals surface area contributed by atoms with E-state index in [1.807, 2.05) is 13.1 Å². The van der Waals surface area contributed by atoms with Crippen molar-refractivity contribution >= 4 is 17.3 Å². The van der Waals surface area contributed by atoms with Crippen LogP contribution in [0.1, 0.15) is 48.9 Å². The van der Waals surface area contributed by atoms with Crippen LogP contribution in [0.5, 0.6) is 0 Å². The van der Waals surface area contributed by atoms with Crippen molar-refractivity contribution in [2.45, 2.75) is 44.6 Å². The summed E-state index contributed by atoms with van der Waals surface area (Å²) in [5, 5.41) is 9.13. The standard InChI is InChI=1S/C15H22N2O2/c1-17(11-7-4-2-3-5-8-11)13-10-6-9-12(14(13)16)15(18)19/h6,9-11H,2-5,7-8,16H2,1H3,(H,18,19). The second-order valence-corrected chi connectivity index (χ2v) is 5.30. The second-order valence-electron chi connectivity index (χ2n) is 5.30. The van der Waals surface area contributed by atoms with Crippen molar-refractivity contribution in [1.29, 1.82) is 0 Å². The number of carbonyl (C=O) groups is 1. The van der Waals surface area contributed by atoms with Crippen LogP contribution in [0.15, 0.2) is 18.2 Å². The van der Waals surface area contributed by atoms with Crippen LogP contribution in [0.3, 0.4) is 0 Å². The van der Waals surface area contributed by atoms with Crippen LogP contribution in [0.4, 0.5) is 11.4 Å². The number of benzene rings is 1. The molecule has 0 radical (unpaired) electrons. The number of anilines is 2. The first-order valence-corrected chi connectivity index (χ1v) is 6.96. The van der Waals surface area contributed by atoms with Gasteiger partial charge < -0.3 is 15.7 Å². The number of carboxylic acids is 1. The average Bonchev–Trinajstić information content (AvgIpc) is 2.66. The van der Waals surface area contributed by atoms with Crippen molar-refractivity contribution < 1.29 is 9.90 Å². The first-order chi connectivity index (χ1) is 9.11. The Balaban J connectivity index is 2.25. The summed E-state index contributed by atoms with van der Waals surface area (Å²) in [6.07, 6.45) is 7.41. The molecule has 1 saturated carbocycles. The second kappa shape index (κ2) is 5.95. The van der Waals surface area contributed by atoms with Gasteiger partial charge in [-0.25, -0.2) is 4.79 Å². The average molecular weight is 262 g/mol. The number of nitrogens with zero attached hydrogens (tertiary/aromatic N) is 1. The molecule has 19 heavy (non-hydrogen) atoms. The van der Waals surface area contributed by atoms with E-state index in [9.17, 15) is 4.79 Å². The lowest BCUT2D eigenvalue weighted by molar-refractivity contribution is 0.0698. The predicted octanol–water partition coefficient (Wildman–Crippen LogP) is 3.13. The molecule has 0 aromatic heterocycles. The number of aromatic carboxylic acids is 1. The van der Waals surface area contributed by atoms with Crippen LogP contribution in [0.25, 0.3) is 0 Å². The van der Waals surface area contributed by atoms with E-state index < -0.39 is 5.97 Å². The van der Waals surface area contributed by atoms with Gasteiger partial charge in [0.25, 0.3) is 0 Å². The van der Waals surface area contributed by atoms with Crippen LogP contribution in [-0.2, 0) is 0 Å². The van der Waals surface area contributed by atoms with Crippen LogP contribution in [0.2, 0.25) is 0 Å². The fraction of sp³-hybridized carbons (Fsp3) is 0.533. The minimum Gasteiger partial charge on any atom is -0.478 e. The van der Waals surface area contributed by atoms with Gasteiger partial charge >= 0.3 is 5.97 Å². The Labute approximate surface area is 114 Å². The molecular weight excluding hydrogens is 240 g/mol. The van der Waals surface area contributed by atoms with Gasteiger partial charge in [-0.05, 0) is 25.0 Å². The van der Waals surface area contributed by atoms with Gasteiger partial charge in [0.1, 0.15) is 0 Å². The Hall–Kier alpha value is -1.71. The van der Waals surface area contributed by atoms with Gasteiger partial charge in [-0.2, -0.15) is 0 Å². The Morgan fingerprint density at radius 1 is 1.26 bits per heavy atom. The van der Waals surface area contributed by atoms with Crippen molar-refractivity contribution in [2.24, 2.45) is 0 Å². The molecule has 0 aliphatic heterocycles. The summed E-state index contributed by atoms with van der Waals surface area (Å²) < 4.78 is 0. The summed E-state index contributed by atoms with van der Waals surface area (Å²) in [4.78, 5) is 13.3. The molecule has 1 aromatic rings. The predicted molar refractivity (Wildman–Crippen MR) is 77.7 cm³/mol. The van der Waals surface area contributed by atoms with Crippen molar-refractivity contribution in [3.05, 3.63) is 23.8 Å². The van der Waals surface area contributed by atoms with E-state index >= 15 is 0 Å². The SMILES string of the molecule is CN(c1cccc(C(=O)O)c1N)C1CCCCCC1. The zero-order valence-electron chi connectivity index (χ0n) is 11.4. The molecule has 4 nitrogen and oxygen atoms in total. The summed E-state index contributed by atoms with van der Waals surface area (Å²) >= 11 is 0. The molecule has 0 atom stereocenters. The third-order valence-electron chi connectivity index (χ3n) is 4.07. The summed E-state index contributed by atoms with van der Waals surface area (Å²) in [6.45, 7) is 0. The van der Waals surface area contributed by atoms with Gasteiger partial charge in [0, 0.05) is 13.1 Å². The molecule has 0 spiro atoms. The topological polar surface area (TPSA) is 66.6 Å². The Morgan fingerprint density at radius 2 is 1.89 bits per heavy atom. The van der Waals surface area contributed by atoms with Crippen molar-refractivity contribution in [3.8, 4) is 0 Å². The number of carboxylic acid groups (broad SMARTS) is 1. The van der Waals surface area contributed by atoms with E-state index in [0.717, 1.165) is 18.5 Å². The smallest absolute Gasteiger partial charge is 0.337 e. The lowest BCUT2D eigenvalue weighted by Gasteiger charge is -2.30. The fourth-order valence-corrected chi connectivity index (χ4v) is 2.89. The van der Waals surface area contributed by atoms with Gasteiger partial charge in [-0.15, -0.1) is 0 Å². The molecule has 1 aliphatic carbocycles. The highest BCUT2D eigenvalue weighted by atomic mass is 16.4. The molecule has 1 fully saturated rings. The van der Waals surface area contributed by atoms with E-state index in [2.05, 4.69) is 4.90 Å². The van der Waals surface area contributed by atoms with E-state index in [0.29, 0.717) is 11.7 Å². The molecular formula is C15H22N2O2. The maximum absolute atomic E-state index is 11.1. The number of hydrogen-bond acceptors (Lipinski definition) is 3. The zero-order valence-corrected chi connectivity index (χ0v) is 11.4. The van der Waals surface area contributed by atoms with Crippen LogP contribution >= 0.6 is 0 Å². The zero-order chi connectivity index (χ0) is 13.8. The van der Waals surface area contributed by atoms with Crippen molar-refractivity contribution in [3.63, 3.8) is 0 Å². The minimum atomic E-state index is -0.964. The number of hydrogen-bond donors (Lipinski definition) is 2. The highest BCUT2D eigenvalue weighted by Gasteiger charge is 2.20. The monoisotopic (exact) mass is 262 g/mol. The number of nitrogens with two attached hydrogens (primary N) is 1. The summed E-state index contributed by atoms with van der Waals surface area (Å²) in [6, 6.07) is 5.70. The third kappa shape index (κ3) is 3.00. The van der Waals surface area contributed by atoms with E-state index in [4.69, 9.17) is 10.8 Å². The molecule has 1 aromatic carbocycles. The summed E-state index contributed by atoms with van der Waals surface area (Å²) in [7, 11) is 2.02. The van der Waals surface area contributed by atoms with Gasteiger partial charge in [-0.3, -0.25) is 0 Å². The Bertz CT molecular complexity index is 451. The Kier molecular flexibility index (Phi) is 4.30. The quantitative estimate of drug-likeness (QED) is 0.648. The molecule has 3 N–H and O–H groups in total. The largest absolute Gasteiger partial charge is 0.478 e. The van der Waals surface area contributed by atoms with E-state index in [-0.39, 0.29) is 5.56 Å². The first-order valence-electron chi connectivity index (χ1n) is 6.96. The number of rotatable bonds is 3. The molecule has 0 unspecified atom stereocenters. The van der Waals surface area contributed by atoms with E-state index in [1.165, 1.54) is 25.7 Å². The Morgan fingerprint density at radius 3 is 2.47 bits per heavy atom. The van der Waals surface area contributed by atoms with Gasteiger partial charge in [-0.1, -0.05) is 31.7 Å². The number of para-hydroxylation sites is 1. The fourth-order valence-electron chi connectivity index (χ4n) is 2.89. The maximum atomic E-state index is 11.1. The summed E-state index contributed by atoms with van der Waals surface area (Å²) in [5.74, 6) is -0.964. The first kappa shape index (κ1) is 13.7. The molecule has 1 aliphatic rings. The molecule has 2 rings (SSSR count). The molecule has 104 valence electrons. The normalized spacial score (nSPS) is 16.9. The maximum Gasteiger partial charge on any atom is 0.337 e. The lowest BCUT2D eigenvalue weighted by atomic mass is 10.0. The minimum absolute atomic E-state index is 0.193. The van der Waals surface area contributed by atoms with E-state index in [1.54, 1.807) is 12.1 Å². The van der Waals surface area contributed by atoms with Crippen LogP contribution in [0, 0.1) is 0 Å². The van der Waals surface area contributed by atoms with Gasteiger partial charge in [0.05, 0.1) is 16.9 Å². The van der Waals surface area contributed by atoms with Gasteiger partial charge in [0.2, 0.25) is 0 Å². The molecule has 0 heterocycles.